The van der Waals surface area contributed by atoms with E-state index in [1.165, 1.54) is 42.6 Å². The highest BCUT2D eigenvalue weighted by Crippen LogP contribution is 2.36. The van der Waals surface area contributed by atoms with Crippen LogP contribution in [0.2, 0.25) is 0 Å². The highest BCUT2D eigenvalue weighted by Gasteiger charge is 2.19. The molecule has 112 valence electrons. The summed E-state index contributed by atoms with van der Waals surface area (Å²) < 4.78 is 0. The van der Waals surface area contributed by atoms with Crippen LogP contribution in [0.3, 0.4) is 0 Å². The van der Waals surface area contributed by atoms with E-state index in [0.717, 1.165) is 17.7 Å². The third kappa shape index (κ3) is 4.82. The highest BCUT2D eigenvalue weighted by molar-refractivity contribution is 8.00. The molecule has 0 saturated heterocycles. The van der Waals surface area contributed by atoms with Crippen LogP contribution >= 0.6 is 11.8 Å². The molecule has 0 spiro atoms. The Hall–Kier alpha value is -0.470. The first-order valence-electron chi connectivity index (χ1n) is 8.19. The smallest absolute Gasteiger partial charge is 0.0292 e. The molecule has 0 aromatic heterocycles. The molecule has 0 aliphatic heterocycles. The Bertz CT molecular complexity index is 396. The lowest BCUT2D eigenvalue weighted by molar-refractivity contribution is 0.393. The van der Waals surface area contributed by atoms with Crippen molar-refractivity contribution in [1.82, 2.24) is 5.32 Å². The van der Waals surface area contributed by atoms with Gasteiger partial charge in [0.05, 0.1) is 0 Å². The van der Waals surface area contributed by atoms with Gasteiger partial charge in [0.2, 0.25) is 0 Å². The summed E-state index contributed by atoms with van der Waals surface area (Å²) in [6, 6.07) is 9.59. The highest BCUT2D eigenvalue weighted by atomic mass is 32.2. The normalized spacial score (nSPS) is 24.6. The Kier molecular flexibility index (Phi) is 6.44. The summed E-state index contributed by atoms with van der Waals surface area (Å²) in [5.41, 5.74) is 1.42. The first-order valence-corrected chi connectivity index (χ1v) is 9.07. The van der Waals surface area contributed by atoms with Crippen molar-refractivity contribution in [1.29, 1.82) is 0 Å². The van der Waals surface area contributed by atoms with Crippen molar-refractivity contribution in [3.05, 3.63) is 29.8 Å². The fourth-order valence-corrected chi connectivity index (χ4v) is 4.13. The Balaban J connectivity index is 1.92. The van der Waals surface area contributed by atoms with Gasteiger partial charge in [-0.05, 0) is 69.2 Å². The third-order valence-electron chi connectivity index (χ3n) is 4.32. The summed E-state index contributed by atoms with van der Waals surface area (Å²) >= 11 is 2.09. The van der Waals surface area contributed by atoms with Crippen molar-refractivity contribution >= 4 is 11.8 Å². The van der Waals surface area contributed by atoms with E-state index in [2.05, 4.69) is 62.1 Å². The van der Waals surface area contributed by atoms with E-state index in [4.69, 9.17) is 0 Å². The zero-order valence-electron chi connectivity index (χ0n) is 13.2. The minimum atomic E-state index is 0.460. The minimum Gasteiger partial charge on any atom is -0.310 e. The third-order valence-corrected chi connectivity index (χ3v) is 5.66. The topological polar surface area (TPSA) is 12.0 Å². The van der Waals surface area contributed by atoms with Gasteiger partial charge in [0.1, 0.15) is 0 Å². The molecule has 1 aliphatic rings. The molecule has 1 atom stereocenters. The van der Waals surface area contributed by atoms with Gasteiger partial charge in [0, 0.05) is 16.2 Å². The Labute approximate surface area is 128 Å². The van der Waals surface area contributed by atoms with Gasteiger partial charge in [0.15, 0.2) is 0 Å². The van der Waals surface area contributed by atoms with Crippen molar-refractivity contribution in [3.8, 4) is 0 Å². The molecule has 1 nitrogen and oxygen atoms in total. The predicted octanol–water partition coefficient (Wildman–Crippen LogP) is 5.42. The fourth-order valence-electron chi connectivity index (χ4n) is 2.88. The molecule has 1 saturated carbocycles. The summed E-state index contributed by atoms with van der Waals surface area (Å²) in [6.07, 6.45) is 6.79. The number of hydrogen-bond donors (Lipinski definition) is 1. The number of rotatable bonds is 6. The van der Waals surface area contributed by atoms with Crippen LogP contribution in [0.4, 0.5) is 0 Å². The van der Waals surface area contributed by atoms with Gasteiger partial charge < -0.3 is 5.32 Å². The Morgan fingerprint density at radius 2 is 2.00 bits per heavy atom. The van der Waals surface area contributed by atoms with E-state index in [-0.39, 0.29) is 0 Å². The van der Waals surface area contributed by atoms with Gasteiger partial charge in [-0.15, -0.1) is 11.8 Å². The Morgan fingerprint density at radius 1 is 1.25 bits per heavy atom. The molecule has 0 radical (unpaired) electrons. The SMILES string of the molecule is CCCNC(C)c1cccc(SC2CCC(C)CC2)c1. The number of benzene rings is 1. The molecule has 2 rings (SSSR count). The maximum absolute atomic E-state index is 3.58. The predicted molar refractivity (Wildman–Crippen MR) is 90.4 cm³/mol. The Morgan fingerprint density at radius 3 is 2.70 bits per heavy atom. The summed E-state index contributed by atoms with van der Waals surface area (Å²) in [5, 5.41) is 4.41. The van der Waals surface area contributed by atoms with Crippen molar-refractivity contribution in [3.63, 3.8) is 0 Å². The van der Waals surface area contributed by atoms with Crippen LogP contribution in [0.15, 0.2) is 29.2 Å². The van der Waals surface area contributed by atoms with Gasteiger partial charge in [-0.2, -0.15) is 0 Å². The van der Waals surface area contributed by atoms with Crippen molar-refractivity contribution in [2.45, 2.75) is 69.1 Å². The van der Waals surface area contributed by atoms with E-state index in [0.29, 0.717) is 6.04 Å². The second kappa shape index (κ2) is 8.09. The molecule has 1 aromatic carbocycles. The first kappa shape index (κ1) is 15.9. The van der Waals surface area contributed by atoms with Gasteiger partial charge in [-0.25, -0.2) is 0 Å². The van der Waals surface area contributed by atoms with Gasteiger partial charge in [0.25, 0.3) is 0 Å². The van der Waals surface area contributed by atoms with Crippen LogP contribution < -0.4 is 5.32 Å². The van der Waals surface area contributed by atoms with Crippen molar-refractivity contribution < 1.29 is 0 Å². The van der Waals surface area contributed by atoms with Crippen LogP contribution in [0, 0.1) is 5.92 Å². The van der Waals surface area contributed by atoms with Crippen LogP contribution in [0.25, 0.3) is 0 Å². The molecule has 2 heteroatoms. The molecule has 1 N–H and O–H groups in total. The maximum atomic E-state index is 3.58. The maximum Gasteiger partial charge on any atom is 0.0292 e. The molecular formula is C18H29NS. The monoisotopic (exact) mass is 291 g/mol. The molecule has 1 aromatic rings. The van der Waals surface area contributed by atoms with E-state index >= 15 is 0 Å². The van der Waals surface area contributed by atoms with Crippen LogP contribution in [-0.2, 0) is 0 Å². The summed E-state index contributed by atoms with van der Waals surface area (Å²) in [6.45, 7) is 7.97. The van der Waals surface area contributed by atoms with E-state index in [9.17, 15) is 0 Å². The molecule has 0 bridgehead atoms. The standard InChI is InChI=1S/C18H29NS/c1-4-12-19-15(3)16-6-5-7-18(13-16)20-17-10-8-14(2)9-11-17/h5-7,13-15,17,19H,4,8-12H2,1-3H3. The number of thioether (sulfide) groups is 1. The second-order valence-corrected chi connectivity index (χ2v) is 7.62. The first-order chi connectivity index (χ1) is 9.69. The average molecular weight is 292 g/mol. The second-order valence-electron chi connectivity index (χ2n) is 6.25. The van der Waals surface area contributed by atoms with E-state index < -0.39 is 0 Å². The van der Waals surface area contributed by atoms with Crippen LogP contribution in [0.1, 0.15) is 64.5 Å². The number of hydrogen-bond acceptors (Lipinski definition) is 2. The molecule has 0 amide bonds. The fraction of sp³-hybridized carbons (Fsp3) is 0.667. The molecule has 20 heavy (non-hydrogen) atoms. The summed E-state index contributed by atoms with van der Waals surface area (Å²) in [7, 11) is 0. The van der Waals surface area contributed by atoms with Gasteiger partial charge in [-0.3, -0.25) is 0 Å². The van der Waals surface area contributed by atoms with Crippen LogP contribution in [-0.4, -0.2) is 11.8 Å². The number of nitrogens with one attached hydrogen (secondary N) is 1. The lowest BCUT2D eigenvalue weighted by atomic mass is 9.91. The van der Waals surface area contributed by atoms with Crippen molar-refractivity contribution in [2.75, 3.05) is 6.54 Å². The quantitative estimate of drug-likeness (QED) is 0.751. The van der Waals surface area contributed by atoms with E-state index in [1.54, 1.807) is 0 Å². The molecular weight excluding hydrogens is 262 g/mol. The lowest BCUT2D eigenvalue weighted by Crippen LogP contribution is -2.19. The van der Waals surface area contributed by atoms with Crippen LogP contribution in [0.5, 0.6) is 0 Å². The minimum absolute atomic E-state index is 0.460. The zero-order chi connectivity index (χ0) is 14.4. The molecule has 1 unspecified atom stereocenters. The van der Waals surface area contributed by atoms with Crippen molar-refractivity contribution in [2.24, 2.45) is 5.92 Å². The van der Waals surface area contributed by atoms with Gasteiger partial charge >= 0.3 is 0 Å². The largest absolute Gasteiger partial charge is 0.310 e. The molecule has 1 aliphatic carbocycles. The zero-order valence-corrected chi connectivity index (χ0v) is 14.0. The average Bonchev–Trinajstić information content (AvgIpc) is 2.47. The van der Waals surface area contributed by atoms with Gasteiger partial charge in [-0.1, -0.05) is 26.0 Å². The lowest BCUT2D eigenvalue weighted by Gasteiger charge is -2.26. The molecule has 0 heterocycles. The molecule has 1 fully saturated rings. The summed E-state index contributed by atoms with van der Waals surface area (Å²) in [5.74, 6) is 0.941. The summed E-state index contributed by atoms with van der Waals surface area (Å²) in [4.78, 5) is 1.45. The van der Waals surface area contributed by atoms with E-state index in [1.807, 2.05) is 0 Å².